The van der Waals surface area contributed by atoms with Crippen LogP contribution in [0.5, 0.6) is 0 Å². The Morgan fingerprint density at radius 2 is 2.33 bits per heavy atom. The molecule has 1 saturated heterocycles. The molecule has 1 aliphatic heterocycles. The van der Waals surface area contributed by atoms with Gasteiger partial charge in [-0.15, -0.1) is 0 Å². The molecule has 0 radical (unpaired) electrons. The smallest absolute Gasteiger partial charge is 0.109 e. The molecule has 2 heteroatoms. The second-order valence-electron chi connectivity index (χ2n) is 3.48. The zero-order valence-corrected chi connectivity index (χ0v) is 7.34. The fourth-order valence-corrected chi connectivity index (χ4v) is 2.17. The number of hydrogen-bond donors (Lipinski definition) is 0. The summed E-state index contributed by atoms with van der Waals surface area (Å²) in [6, 6.07) is 6.12. The summed E-state index contributed by atoms with van der Waals surface area (Å²) in [7, 11) is 0. The van der Waals surface area contributed by atoms with Crippen molar-refractivity contribution in [2.24, 2.45) is 0 Å². The summed E-state index contributed by atoms with van der Waals surface area (Å²) in [5.74, 6) is 0. The van der Waals surface area contributed by atoms with Gasteiger partial charge in [-0.3, -0.25) is 0 Å². The van der Waals surface area contributed by atoms with Crippen molar-refractivity contribution in [2.75, 3.05) is 0 Å². The van der Waals surface area contributed by atoms with Gasteiger partial charge in [0, 0.05) is 5.02 Å². The van der Waals surface area contributed by atoms with Crippen molar-refractivity contribution in [1.29, 1.82) is 0 Å². The molecule has 1 aliphatic carbocycles. The maximum atomic E-state index is 5.90. The molecule has 0 unspecified atom stereocenters. The summed E-state index contributed by atoms with van der Waals surface area (Å²) in [5.41, 5.74) is 2.73. The Morgan fingerprint density at radius 1 is 1.42 bits per heavy atom. The summed E-state index contributed by atoms with van der Waals surface area (Å²) in [5, 5.41) is 0.824. The van der Waals surface area contributed by atoms with E-state index in [1.54, 1.807) is 0 Å². The van der Waals surface area contributed by atoms with Crippen LogP contribution in [-0.4, -0.2) is 6.10 Å². The molecule has 0 aromatic heterocycles. The Balaban J connectivity index is 2.14. The van der Waals surface area contributed by atoms with Crippen LogP contribution >= 0.6 is 11.6 Å². The molecule has 0 bridgehead atoms. The molecule has 1 fully saturated rings. The van der Waals surface area contributed by atoms with E-state index in [4.69, 9.17) is 16.3 Å². The number of rotatable bonds is 0. The molecular formula is C10H9ClO. The Morgan fingerprint density at radius 3 is 3.25 bits per heavy atom. The Kier molecular flexibility index (Phi) is 1.29. The Bertz CT molecular complexity index is 335. The molecule has 0 amide bonds. The Labute approximate surface area is 76.3 Å². The van der Waals surface area contributed by atoms with Gasteiger partial charge in [-0.25, -0.2) is 0 Å². The van der Waals surface area contributed by atoms with Crippen molar-refractivity contribution in [1.82, 2.24) is 0 Å². The van der Waals surface area contributed by atoms with Gasteiger partial charge in [-0.1, -0.05) is 17.7 Å². The van der Waals surface area contributed by atoms with E-state index in [9.17, 15) is 0 Å². The first kappa shape index (κ1) is 6.93. The minimum atomic E-state index is 0.368. The monoisotopic (exact) mass is 180 g/mol. The van der Waals surface area contributed by atoms with E-state index in [2.05, 4.69) is 6.07 Å². The van der Waals surface area contributed by atoms with Crippen LogP contribution in [0.1, 0.15) is 23.7 Å². The predicted molar refractivity (Wildman–Crippen MR) is 47.4 cm³/mol. The third-order valence-corrected chi connectivity index (χ3v) is 2.93. The van der Waals surface area contributed by atoms with E-state index in [0.717, 1.165) is 11.4 Å². The highest BCUT2D eigenvalue weighted by Gasteiger charge is 2.43. The summed E-state index contributed by atoms with van der Waals surface area (Å²) in [6.07, 6.45) is 3.19. The quantitative estimate of drug-likeness (QED) is 0.560. The predicted octanol–water partition coefficient (Wildman–Crippen LogP) is 2.73. The second kappa shape index (κ2) is 2.24. The van der Waals surface area contributed by atoms with E-state index in [1.165, 1.54) is 17.5 Å². The van der Waals surface area contributed by atoms with Crippen molar-refractivity contribution in [3.8, 4) is 0 Å². The number of aryl methyl sites for hydroxylation is 1. The standard InChI is InChI=1S/C10H9ClO/c11-7-3-1-6-2-4-9-10(12-9)8(6)5-7/h1,3,5,9-10H,2,4H2/t9-,10+/m1/s1. The first-order valence-electron chi connectivity index (χ1n) is 4.28. The average molecular weight is 181 g/mol. The fraction of sp³-hybridized carbons (Fsp3) is 0.400. The van der Waals surface area contributed by atoms with E-state index in [1.807, 2.05) is 12.1 Å². The summed E-state index contributed by atoms with van der Waals surface area (Å²) in [6.45, 7) is 0. The van der Waals surface area contributed by atoms with E-state index >= 15 is 0 Å². The molecule has 0 saturated carbocycles. The highest BCUT2D eigenvalue weighted by atomic mass is 35.5. The van der Waals surface area contributed by atoms with Gasteiger partial charge in [0.25, 0.3) is 0 Å². The minimum absolute atomic E-state index is 0.368. The maximum absolute atomic E-state index is 5.90. The molecule has 3 rings (SSSR count). The third-order valence-electron chi connectivity index (χ3n) is 2.70. The van der Waals surface area contributed by atoms with Gasteiger partial charge in [0.05, 0.1) is 6.10 Å². The average Bonchev–Trinajstić information content (AvgIpc) is 2.82. The lowest BCUT2D eigenvalue weighted by Gasteiger charge is -2.11. The van der Waals surface area contributed by atoms with Gasteiger partial charge in [-0.05, 0) is 36.1 Å². The number of ether oxygens (including phenoxy) is 1. The maximum Gasteiger partial charge on any atom is 0.109 e. The van der Waals surface area contributed by atoms with Gasteiger partial charge in [0.15, 0.2) is 0 Å². The lowest BCUT2D eigenvalue weighted by Crippen LogP contribution is -2.03. The lowest BCUT2D eigenvalue weighted by molar-refractivity contribution is 0.373. The van der Waals surface area contributed by atoms with Crippen molar-refractivity contribution in [3.05, 3.63) is 34.3 Å². The molecule has 1 aromatic carbocycles. The molecule has 62 valence electrons. The first-order valence-corrected chi connectivity index (χ1v) is 4.66. The molecule has 1 aromatic rings. The lowest BCUT2D eigenvalue weighted by atomic mass is 9.92. The SMILES string of the molecule is Clc1ccc2c(c1)[C@@H]1O[C@@H]1CC2. The zero-order chi connectivity index (χ0) is 8.13. The minimum Gasteiger partial charge on any atom is -0.364 e. The molecule has 1 heterocycles. The fourth-order valence-electron chi connectivity index (χ4n) is 1.99. The van der Waals surface area contributed by atoms with Gasteiger partial charge in [0.1, 0.15) is 6.10 Å². The van der Waals surface area contributed by atoms with Crippen LogP contribution < -0.4 is 0 Å². The highest BCUT2D eigenvalue weighted by molar-refractivity contribution is 6.30. The summed E-state index contributed by atoms with van der Waals surface area (Å²) >= 11 is 5.90. The topological polar surface area (TPSA) is 12.5 Å². The molecule has 2 aliphatic rings. The van der Waals surface area contributed by atoms with Crippen LogP contribution in [0, 0.1) is 0 Å². The van der Waals surface area contributed by atoms with Crippen LogP contribution in [-0.2, 0) is 11.2 Å². The van der Waals surface area contributed by atoms with Crippen molar-refractivity contribution >= 4 is 11.6 Å². The summed E-state index contributed by atoms with van der Waals surface area (Å²) in [4.78, 5) is 0. The van der Waals surface area contributed by atoms with E-state index < -0.39 is 0 Å². The van der Waals surface area contributed by atoms with Crippen molar-refractivity contribution < 1.29 is 4.74 Å². The van der Waals surface area contributed by atoms with Crippen LogP contribution in [0.4, 0.5) is 0 Å². The number of epoxide rings is 1. The van der Waals surface area contributed by atoms with Gasteiger partial charge < -0.3 is 4.74 Å². The van der Waals surface area contributed by atoms with E-state index in [0.29, 0.717) is 12.2 Å². The Hall–Kier alpha value is -0.530. The highest BCUT2D eigenvalue weighted by Crippen LogP contribution is 2.47. The summed E-state index contributed by atoms with van der Waals surface area (Å²) < 4.78 is 5.50. The van der Waals surface area contributed by atoms with Crippen LogP contribution in [0.2, 0.25) is 5.02 Å². The van der Waals surface area contributed by atoms with Crippen molar-refractivity contribution in [3.63, 3.8) is 0 Å². The van der Waals surface area contributed by atoms with Gasteiger partial charge in [0.2, 0.25) is 0 Å². The number of fused-ring (bicyclic) bond motifs is 3. The molecule has 0 spiro atoms. The van der Waals surface area contributed by atoms with Gasteiger partial charge in [-0.2, -0.15) is 0 Å². The number of halogens is 1. The largest absolute Gasteiger partial charge is 0.364 e. The zero-order valence-electron chi connectivity index (χ0n) is 6.59. The first-order chi connectivity index (χ1) is 5.84. The van der Waals surface area contributed by atoms with Gasteiger partial charge >= 0.3 is 0 Å². The molecule has 1 nitrogen and oxygen atoms in total. The van der Waals surface area contributed by atoms with Crippen LogP contribution in [0.3, 0.4) is 0 Å². The second-order valence-corrected chi connectivity index (χ2v) is 3.91. The van der Waals surface area contributed by atoms with Crippen LogP contribution in [0.15, 0.2) is 18.2 Å². The number of hydrogen-bond acceptors (Lipinski definition) is 1. The van der Waals surface area contributed by atoms with Crippen molar-refractivity contribution in [2.45, 2.75) is 25.0 Å². The molecule has 2 atom stereocenters. The molecular weight excluding hydrogens is 172 g/mol. The number of benzene rings is 1. The molecule has 12 heavy (non-hydrogen) atoms. The van der Waals surface area contributed by atoms with Crippen LogP contribution in [0.25, 0.3) is 0 Å². The third kappa shape index (κ3) is 0.900. The van der Waals surface area contributed by atoms with E-state index in [-0.39, 0.29) is 0 Å². The molecule has 0 N–H and O–H groups in total. The normalized spacial score (nSPS) is 30.8.